The first-order chi connectivity index (χ1) is 7.44. The average Bonchev–Trinajstić information content (AvgIpc) is 2.78. The Balaban J connectivity index is 2.16. The Labute approximate surface area is 95.3 Å². The topological polar surface area (TPSA) is 66.9 Å². The van der Waals surface area contributed by atoms with Gasteiger partial charge in [0, 0.05) is 20.2 Å². The number of carbonyl (C=O) groups is 1. The summed E-state index contributed by atoms with van der Waals surface area (Å²) in [4.78, 5) is 11.6. The molecule has 6 nitrogen and oxygen atoms in total. The predicted molar refractivity (Wildman–Crippen MR) is 56.8 cm³/mol. The SMILES string of the molecule is CC1C(=O)N(C)S(=O)(=O)N1CC1CCOC1. The molecule has 0 aromatic carbocycles. The number of hydrogen-bond acceptors (Lipinski definition) is 4. The van der Waals surface area contributed by atoms with E-state index in [0.29, 0.717) is 19.8 Å². The molecular formula is C9H16N2O4S. The van der Waals surface area contributed by atoms with Crippen LogP contribution in [0.4, 0.5) is 0 Å². The highest BCUT2D eigenvalue weighted by atomic mass is 32.2. The van der Waals surface area contributed by atoms with Gasteiger partial charge in [-0.05, 0) is 19.3 Å². The van der Waals surface area contributed by atoms with Gasteiger partial charge >= 0.3 is 10.2 Å². The average molecular weight is 248 g/mol. The summed E-state index contributed by atoms with van der Waals surface area (Å²) in [5.74, 6) is -0.157. The molecule has 0 radical (unpaired) electrons. The molecule has 0 saturated carbocycles. The zero-order valence-corrected chi connectivity index (χ0v) is 10.2. The Bertz CT molecular complexity index is 388. The summed E-state index contributed by atoms with van der Waals surface area (Å²) in [5.41, 5.74) is 0. The lowest BCUT2D eigenvalue weighted by molar-refractivity contribution is -0.126. The maximum atomic E-state index is 11.9. The molecule has 0 spiro atoms. The number of rotatable bonds is 2. The molecule has 0 N–H and O–H groups in total. The summed E-state index contributed by atoms with van der Waals surface area (Å²) in [6.07, 6.45) is 0.858. The van der Waals surface area contributed by atoms with Crippen molar-refractivity contribution in [3.63, 3.8) is 0 Å². The third-order valence-electron chi connectivity index (χ3n) is 3.20. The van der Waals surface area contributed by atoms with Crippen molar-refractivity contribution >= 4 is 16.1 Å². The van der Waals surface area contributed by atoms with Crippen molar-refractivity contribution in [2.24, 2.45) is 5.92 Å². The first-order valence-electron chi connectivity index (χ1n) is 5.32. The fourth-order valence-corrected chi connectivity index (χ4v) is 3.67. The van der Waals surface area contributed by atoms with Crippen molar-refractivity contribution in [1.82, 2.24) is 8.61 Å². The summed E-state index contributed by atoms with van der Waals surface area (Å²) in [6, 6.07) is -0.587. The van der Waals surface area contributed by atoms with Gasteiger partial charge in [0.25, 0.3) is 5.91 Å². The predicted octanol–water partition coefficient (Wildman–Crippen LogP) is -0.570. The van der Waals surface area contributed by atoms with Gasteiger partial charge in [-0.2, -0.15) is 12.7 Å². The third-order valence-corrected chi connectivity index (χ3v) is 5.13. The Morgan fingerprint density at radius 3 is 2.62 bits per heavy atom. The molecule has 2 heterocycles. The lowest BCUT2D eigenvalue weighted by atomic mass is 10.1. The van der Waals surface area contributed by atoms with E-state index >= 15 is 0 Å². The van der Waals surface area contributed by atoms with Gasteiger partial charge in [0.05, 0.1) is 6.61 Å². The summed E-state index contributed by atoms with van der Waals surface area (Å²) in [5, 5.41) is 0. The van der Waals surface area contributed by atoms with Gasteiger partial charge in [-0.3, -0.25) is 4.79 Å². The minimum atomic E-state index is -3.59. The molecule has 0 aromatic heterocycles. The number of hydrogen-bond donors (Lipinski definition) is 0. The molecule has 16 heavy (non-hydrogen) atoms. The van der Waals surface area contributed by atoms with Crippen LogP contribution in [0.2, 0.25) is 0 Å². The molecule has 2 rings (SSSR count). The van der Waals surface area contributed by atoms with E-state index in [9.17, 15) is 13.2 Å². The molecule has 2 atom stereocenters. The Hall–Kier alpha value is -0.660. The van der Waals surface area contributed by atoms with Gasteiger partial charge in [-0.25, -0.2) is 4.31 Å². The van der Waals surface area contributed by atoms with E-state index in [0.717, 1.165) is 10.7 Å². The minimum Gasteiger partial charge on any atom is -0.381 e. The Morgan fingerprint density at radius 1 is 1.50 bits per heavy atom. The lowest BCUT2D eigenvalue weighted by Gasteiger charge is -2.20. The fourth-order valence-electron chi connectivity index (χ4n) is 2.09. The van der Waals surface area contributed by atoms with Crippen LogP contribution in [-0.4, -0.2) is 55.8 Å². The van der Waals surface area contributed by atoms with Crippen molar-refractivity contribution in [3.8, 4) is 0 Å². The highest BCUT2D eigenvalue weighted by molar-refractivity contribution is 7.87. The Morgan fingerprint density at radius 2 is 2.19 bits per heavy atom. The van der Waals surface area contributed by atoms with Gasteiger partial charge in [0.15, 0.2) is 0 Å². The van der Waals surface area contributed by atoms with Crippen LogP contribution in [0.15, 0.2) is 0 Å². The van der Waals surface area contributed by atoms with Gasteiger partial charge in [0.1, 0.15) is 6.04 Å². The fraction of sp³-hybridized carbons (Fsp3) is 0.889. The zero-order valence-electron chi connectivity index (χ0n) is 9.42. The second-order valence-electron chi connectivity index (χ2n) is 4.29. The molecule has 2 fully saturated rings. The minimum absolute atomic E-state index is 0.205. The largest absolute Gasteiger partial charge is 0.381 e. The van der Waals surface area contributed by atoms with Crippen molar-refractivity contribution in [2.45, 2.75) is 19.4 Å². The van der Waals surface area contributed by atoms with Crippen molar-refractivity contribution < 1.29 is 17.9 Å². The molecule has 2 aliphatic rings. The van der Waals surface area contributed by atoms with E-state index in [-0.39, 0.29) is 11.8 Å². The van der Waals surface area contributed by atoms with E-state index in [1.165, 1.54) is 11.4 Å². The number of nitrogens with zero attached hydrogens (tertiary/aromatic N) is 2. The van der Waals surface area contributed by atoms with Gasteiger partial charge in [0.2, 0.25) is 0 Å². The van der Waals surface area contributed by atoms with E-state index in [1.807, 2.05) is 0 Å². The van der Waals surface area contributed by atoms with Crippen molar-refractivity contribution in [1.29, 1.82) is 0 Å². The maximum Gasteiger partial charge on any atom is 0.306 e. The summed E-state index contributed by atoms with van der Waals surface area (Å²) < 4.78 is 31.1. The highest BCUT2D eigenvalue weighted by Crippen LogP contribution is 2.25. The molecule has 0 bridgehead atoms. The second-order valence-corrected chi connectivity index (χ2v) is 6.20. The summed E-state index contributed by atoms with van der Waals surface area (Å²) in [6.45, 7) is 3.26. The van der Waals surface area contributed by atoms with Crippen LogP contribution in [0.1, 0.15) is 13.3 Å². The monoisotopic (exact) mass is 248 g/mol. The van der Waals surface area contributed by atoms with Gasteiger partial charge < -0.3 is 4.74 Å². The van der Waals surface area contributed by atoms with Crippen LogP contribution >= 0.6 is 0 Å². The maximum absolute atomic E-state index is 11.9. The first kappa shape index (κ1) is 11.8. The van der Waals surface area contributed by atoms with Crippen LogP contribution in [0.3, 0.4) is 0 Å². The molecule has 92 valence electrons. The summed E-state index contributed by atoms with van der Waals surface area (Å²) in [7, 11) is -2.29. The molecule has 2 aliphatic heterocycles. The molecule has 1 amide bonds. The third kappa shape index (κ3) is 1.72. The highest BCUT2D eigenvalue weighted by Gasteiger charge is 2.46. The van der Waals surface area contributed by atoms with Crippen molar-refractivity contribution in [3.05, 3.63) is 0 Å². The smallest absolute Gasteiger partial charge is 0.306 e. The summed E-state index contributed by atoms with van der Waals surface area (Å²) >= 11 is 0. The quantitative estimate of drug-likeness (QED) is 0.656. The molecule has 7 heteroatoms. The zero-order chi connectivity index (χ0) is 11.9. The van der Waals surface area contributed by atoms with Crippen LogP contribution < -0.4 is 0 Å². The molecule has 0 aliphatic carbocycles. The van der Waals surface area contributed by atoms with Crippen LogP contribution in [0, 0.1) is 5.92 Å². The number of likely N-dealkylation sites (N-methyl/N-ethyl adjacent to an activating group) is 1. The molecule has 2 unspecified atom stereocenters. The van der Waals surface area contributed by atoms with Crippen LogP contribution in [-0.2, 0) is 19.7 Å². The van der Waals surface area contributed by atoms with Crippen LogP contribution in [0.5, 0.6) is 0 Å². The second kappa shape index (κ2) is 3.97. The van der Waals surface area contributed by atoms with Gasteiger partial charge in [-0.1, -0.05) is 0 Å². The van der Waals surface area contributed by atoms with E-state index < -0.39 is 16.3 Å². The number of carbonyl (C=O) groups excluding carboxylic acids is 1. The van der Waals surface area contributed by atoms with Gasteiger partial charge in [-0.15, -0.1) is 0 Å². The van der Waals surface area contributed by atoms with E-state index in [4.69, 9.17) is 4.74 Å². The number of amides is 1. The van der Waals surface area contributed by atoms with E-state index in [2.05, 4.69) is 0 Å². The van der Waals surface area contributed by atoms with Crippen molar-refractivity contribution in [2.75, 3.05) is 26.8 Å². The molecule has 0 aromatic rings. The number of ether oxygens (including phenoxy) is 1. The lowest BCUT2D eigenvalue weighted by Crippen LogP contribution is -2.38. The van der Waals surface area contributed by atoms with Crippen LogP contribution in [0.25, 0.3) is 0 Å². The van der Waals surface area contributed by atoms with E-state index in [1.54, 1.807) is 6.92 Å². The standard InChI is InChI=1S/C9H16N2O4S/c1-7-9(12)10(2)16(13,14)11(7)5-8-3-4-15-6-8/h7-8H,3-6H2,1-2H3. The normalized spacial score (nSPS) is 34.9. The molecular weight excluding hydrogens is 232 g/mol. The molecule has 2 saturated heterocycles. The Kier molecular flexibility index (Phi) is 2.93. The first-order valence-corrected chi connectivity index (χ1v) is 6.71.